The minimum Gasteiger partial charge on any atom is -0.467 e. The number of halogens is 3. The molecule has 0 bridgehead atoms. The van der Waals surface area contributed by atoms with Crippen LogP contribution >= 0.6 is 11.3 Å². The van der Waals surface area contributed by atoms with Crippen LogP contribution in [0.15, 0.2) is 58.7 Å². The molecule has 0 fully saturated rings. The van der Waals surface area contributed by atoms with Crippen LogP contribution in [0.1, 0.15) is 24.2 Å². The highest BCUT2D eigenvalue weighted by Gasteiger charge is 2.31. The lowest BCUT2D eigenvalue weighted by molar-refractivity contribution is -0.137. The molecule has 0 saturated heterocycles. The zero-order valence-corrected chi connectivity index (χ0v) is 17.9. The van der Waals surface area contributed by atoms with Crippen LogP contribution in [0.3, 0.4) is 0 Å². The Labute approximate surface area is 190 Å². The molecule has 174 valence electrons. The Bertz CT molecular complexity index is 1090. The summed E-state index contributed by atoms with van der Waals surface area (Å²) >= 11 is 1.20. The highest BCUT2D eigenvalue weighted by atomic mass is 32.1. The highest BCUT2D eigenvalue weighted by Crippen LogP contribution is 2.31. The fraction of sp³-hybridized carbons (Fsp3) is 0.238. The minimum atomic E-state index is -4.63. The summed E-state index contributed by atoms with van der Waals surface area (Å²) in [6.45, 7) is -0.484. The summed E-state index contributed by atoms with van der Waals surface area (Å²) in [5.74, 6) is -1.30. The number of thiazole rings is 1. The molecule has 2 N–H and O–H groups in total. The minimum absolute atomic E-state index is 0.0483. The number of benzene rings is 1. The summed E-state index contributed by atoms with van der Waals surface area (Å²) in [5, 5.41) is 7.09. The van der Waals surface area contributed by atoms with Gasteiger partial charge in [0.1, 0.15) is 12.3 Å². The molecule has 0 spiro atoms. The van der Waals surface area contributed by atoms with E-state index < -0.39 is 36.0 Å². The third-order valence-electron chi connectivity index (χ3n) is 4.37. The second kappa shape index (κ2) is 10.8. The number of amides is 3. The van der Waals surface area contributed by atoms with E-state index in [4.69, 9.17) is 4.42 Å². The Hall–Kier alpha value is -3.67. The molecule has 33 heavy (non-hydrogen) atoms. The number of aromatic nitrogens is 1. The fourth-order valence-electron chi connectivity index (χ4n) is 2.79. The molecule has 0 radical (unpaired) electrons. The number of furan rings is 1. The maximum atomic E-state index is 13.2. The molecule has 0 saturated carbocycles. The van der Waals surface area contributed by atoms with Gasteiger partial charge in [0.15, 0.2) is 5.13 Å². The maximum Gasteiger partial charge on any atom is 0.416 e. The molecule has 8 nitrogen and oxygen atoms in total. The Morgan fingerprint density at radius 1 is 1.09 bits per heavy atom. The summed E-state index contributed by atoms with van der Waals surface area (Å²) in [7, 11) is 0. The van der Waals surface area contributed by atoms with Crippen molar-refractivity contribution in [2.24, 2.45) is 0 Å². The van der Waals surface area contributed by atoms with Crippen LogP contribution in [0.5, 0.6) is 0 Å². The monoisotopic (exact) mass is 480 g/mol. The number of carbonyl (C=O) groups excluding carboxylic acids is 3. The third-order valence-corrected chi connectivity index (χ3v) is 5.06. The predicted molar refractivity (Wildman–Crippen MR) is 114 cm³/mol. The summed E-state index contributed by atoms with van der Waals surface area (Å²) in [5.41, 5.74) is -1.07. The zero-order valence-electron chi connectivity index (χ0n) is 17.1. The molecule has 3 aromatic rings. The topological polar surface area (TPSA) is 105 Å². The van der Waals surface area contributed by atoms with Crippen LogP contribution in [0, 0.1) is 0 Å². The van der Waals surface area contributed by atoms with E-state index in [1.54, 1.807) is 17.5 Å². The van der Waals surface area contributed by atoms with Crippen molar-refractivity contribution in [2.75, 3.05) is 16.8 Å². The number of carbonyl (C=O) groups is 3. The van der Waals surface area contributed by atoms with Gasteiger partial charge in [-0.15, -0.1) is 11.3 Å². The third kappa shape index (κ3) is 7.17. The Morgan fingerprint density at radius 3 is 2.58 bits per heavy atom. The van der Waals surface area contributed by atoms with Gasteiger partial charge in [-0.25, -0.2) is 4.98 Å². The van der Waals surface area contributed by atoms with Gasteiger partial charge in [-0.3, -0.25) is 14.4 Å². The van der Waals surface area contributed by atoms with Crippen molar-refractivity contribution in [3.8, 4) is 0 Å². The molecule has 0 aliphatic rings. The van der Waals surface area contributed by atoms with Crippen molar-refractivity contribution >= 4 is 39.9 Å². The first-order valence-electron chi connectivity index (χ1n) is 9.68. The second-order valence-corrected chi connectivity index (χ2v) is 7.66. The first-order valence-corrected chi connectivity index (χ1v) is 10.6. The first kappa shape index (κ1) is 24.0. The number of rotatable bonds is 9. The van der Waals surface area contributed by atoms with E-state index in [-0.39, 0.29) is 25.1 Å². The summed E-state index contributed by atoms with van der Waals surface area (Å²) in [6.07, 6.45) is -2.25. The van der Waals surface area contributed by atoms with Crippen LogP contribution in [0.4, 0.5) is 24.0 Å². The van der Waals surface area contributed by atoms with Crippen molar-refractivity contribution in [1.82, 2.24) is 10.3 Å². The number of anilines is 2. The fourth-order valence-corrected chi connectivity index (χ4v) is 3.34. The molecule has 0 aliphatic carbocycles. The van der Waals surface area contributed by atoms with Crippen LogP contribution in [0.25, 0.3) is 0 Å². The van der Waals surface area contributed by atoms with Gasteiger partial charge in [0.05, 0.1) is 18.4 Å². The van der Waals surface area contributed by atoms with E-state index in [0.717, 1.165) is 23.1 Å². The number of alkyl halides is 3. The lowest BCUT2D eigenvalue weighted by Crippen LogP contribution is -2.41. The summed E-state index contributed by atoms with van der Waals surface area (Å²) in [6, 6.07) is 7.36. The predicted octanol–water partition coefficient (Wildman–Crippen LogP) is 3.82. The van der Waals surface area contributed by atoms with E-state index in [0.29, 0.717) is 10.9 Å². The summed E-state index contributed by atoms with van der Waals surface area (Å²) in [4.78, 5) is 42.1. The van der Waals surface area contributed by atoms with Crippen LogP contribution in [0.2, 0.25) is 0 Å². The van der Waals surface area contributed by atoms with Crippen molar-refractivity contribution in [3.63, 3.8) is 0 Å². The van der Waals surface area contributed by atoms with Crippen molar-refractivity contribution in [1.29, 1.82) is 0 Å². The first-order chi connectivity index (χ1) is 15.7. The van der Waals surface area contributed by atoms with E-state index in [1.807, 2.05) is 0 Å². The lowest BCUT2D eigenvalue weighted by atomic mass is 10.1. The van der Waals surface area contributed by atoms with Gasteiger partial charge >= 0.3 is 6.18 Å². The molecule has 12 heteroatoms. The van der Waals surface area contributed by atoms with Crippen molar-refractivity contribution in [3.05, 3.63) is 65.6 Å². The Morgan fingerprint density at radius 2 is 1.91 bits per heavy atom. The molecule has 2 heterocycles. The molecule has 0 aliphatic heterocycles. The van der Waals surface area contributed by atoms with E-state index in [9.17, 15) is 27.6 Å². The molecule has 3 amide bonds. The van der Waals surface area contributed by atoms with Gasteiger partial charge in [-0.05, 0) is 30.3 Å². The standard InChI is InChI=1S/C21H19F3N4O4S/c22-21(23,24)14-3-1-4-15(11-14)28(13-18(30)26-12-16-5-2-9-32-16)19(31)7-6-17(29)27-20-25-8-10-33-20/h1-5,8-11H,6-7,12-13H2,(H,26,30)(H,25,27,29). The van der Waals surface area contributed by atoms with Gasteiger partial charge in [-0.1, -0.05) is 6.07 Å². The number of nitrogens with one attached hydrogen (secondary N) is 2. The maximum absolute atomic E-state index is 13.2. The smallest absolute Gasteiger partial charge is 0.416 e. The largest absolute Gasteiger partial charge is 0.467 e. The van der Waals surface area contributed by atoms with Gasteiger partial charge in [-0.2, -0.15) is 13.2 Å². The highest BCUT2D eigenvalue weighted by molar-refractivity contribution is 7.13. The molecule has 0 unspecified atom stereocenters. The Kier molecular flexibility index (Phi) is 7.83. The number of hydrogen-bond acceptors (Lipinski definition) is 6. The SMILES string of the molecule is O=C(CN(C(=O)CCC(=O)Nc1nccs1)c1cccc(C(F)(F)F)c1)NCc1ccco1. The number of nitrogens with zero attached hydrogens (tertiary/aromatic N) is 2. The van der Waals surface area contributed by atoms with E-state index >= 15 is 0 Å². The van der Waals surface area contributed by atoms with Crippen molar-refractivity contribution in [2.45, 2.75) is 25.6 Å². The molecular formula is C21H19F3N4O4S. The normalized spacial score (nSPS) is 11.1. The van der Waals surface area contributed by atoms with Crippen LogP contribution < -0.4 is 15.5 Å². The van der Waals surface area contributed by atoms with Crippen molar-refractivity contribution < 1.29 is 32.0 Å². The molecule has 0 atom stereocenters. The van der Waals surface area contributed by atoms with E-state index in [2.05, 4.69) is 15.6 Å². The zero-order chi connectivity index (χ0) is 23.8. The van der Waals surface area contributed by atoms with Gasteiger partial charge in [0, 0.05) is 30.1 Å². The van der Waals surface area contributed by atoms with Crippen LogP contribution in [-0.4, -0.2) is 29.3 Å². The number of hydrogen-bond donors (Lipinski definition) is 2. The molecule has 3 rings (SSSR count). The average molecular weight is 480 g/mol. The summed E-state index contributed by atoms with van der Waals surface area (Å²) < 4.78 is 44.6. The Balaban J connectivity index is 1.70. The van der Waals surface area contributed by atoms with Gasteiger partial charge in [0.2, 0.25) is 17.7 Å². The average Bonchev–Trinajstić information content (AvgIpc) is 3.48. The second-order valence-electron chi connectivity index (χ2n) is 6.77. The molecule has 2 aromatic heterocycles. The van der Waals surface area contributed by atoms with Crippen LogP contribution in [-0.2, 0) is 27.1 Å². The molecule has 1 aromatic carbocycles. The van der Waals surface area contributed by atoms with Gasteiger partial charge in [0.25, 0.3) is 0 Å². The quantitative estimate of drug-likeness (QED) is 0.485. The molecular weight excluding hydrogens is 461 g/mol. The lowest BCUT2D eigenvalue weighted by Gasteiger charge is -2.23. The van der Waals surface area contributed by atoms with Gasteiger partial charge < -0.3 is 20.0 Å². The van der Waals surface area contributed by atoms with E-state index in [1.165, 1.54) is 29.9 Å².